The number of nitrogens with zero attached hydrogens (tertiary/aromatic N) is 4. The van der Waals surface area contributed by atoms with Crippen LogP contribution in [0.3, 0.4) is 0 Å². The van der Waals surface area contributed by atoms with Crippen LogP contribution >= 0.6 is 0 Å². The van der Waals surface area contributed by atoms with Crippen LogP contribution in [0, 0.1) is 0 Å². The summed E-state index contributed by atoms with van der Waals surface area (Å²) < 4.78 is 6.97. The van der Waals surface area contributed by atoms with Gasteiger partial charge in [0.1, 0.15) is 5.56 Å². The predicted molar refractivity (Wildman–Crippen MR) is 112 cm³/mol. The second kappa shape index (κ2) is 9.02. The number of pyridine rings is 1. The second-order valence-corrected chi connectivity index (χ2v) is 7.05. The number of nitrogens with one attached hydrogen (secondary N) is 1. The van der Waals surface area contributed by atoms with Crippen LogP contribution in [-0.4, -0.2) is 69.9 Å². The molecule has 2 N–H and O–H groups in total. The minimum atomic E-state index is -1.28. The fourth-order valence-electron chi connectivity index (χ4n) is 3.46. The van der Waals surface area contributed by atoms with Crippen molar-refractivity contribution in [2.24, 2.45) is 0 Å². The molecule has 1 saturated heterocycles. The molecule has 0 unspecified atom stereocenters. The van der Waals surface area contributed by atoms with Gasteiger partial charge in [0, 0.05) is 37.7 Å². The molecule has 3 heterocycles. The first-order chi connectivity index (χ1) is 14.6. The number of fused-ring (bicyclic) bond motifs is 1. The summed E-state index contributed by atoms with van der Waals surface area (Å²) in [6.07, 6.45) is 3.63. The molecule has 1 aromatic carbocycles. The minimum Gasteiger partial charge on any atom is -0.477 e. The number of carboxylic acid groups (broad SMARTS) is 1. The van der Waals surface area contributed by atoms with E-state index >= 15 is 0 Å². The number of para-hydroxylation sites is 1. The van der Waals surface area contributed by atoms with E-state index in [-0.39, 0.29) is 10.9 Å². The number of anilines is 1. The molecule has 9 nitrogen and oxygen atoms in total. The maximum atomic E-state index is 12.6. The number of aromatic nitrogens is 3. The second-order valence-electron chi connectivity index (χ2n) is 7.05. The Balaban J connectivity index is 1.60. The van der Waals surface area contributed by atoms with Crippen molar-refractivity contribution < 1.29 is 14.6 Å². The van der Waals surface area contributed by atoms with Gasteiger partial charge in [0.15, 0.2) is 5.65 Å². The lowest BCUT2D eigenvalue weighted by molar-refractivity contribution is 0.0378. The van der Waals surface area contributed by atoms with Gasteiger partial charge in [-0.15, -0.1) is 0 Å². The Morgan fingerprint density at radius 1 is 1.20 bits per heavy atom. The summed E-state index contributed by atoms with van der Waals surface area (Å²) in [4.78, 5) is 35.2. The van der Waals surface area contributed by atoms with Crippen molar-refractivity contribution in [3.05, 3.63) is 58.5 Å². The van der Waals surface area contributed by atoms with Gasteiger partial charge in [-0.1, -0.05) is 18.2 Å². The van der Waals surface area contributed by atoms with Gasteiger partial charge in [-0.25, -0.2) is 9.78 Å². The van der Waals surface area contributed by atoms with Crippen LogP contribution in [0.5, 0.6) is 0 Å². The molecule has 1 fully saturated rings. The number of ether oxygens (including phenoxy) is 1. The Labute approximate surface area is 172 Å². The predicted octanol–water partition coefficient (Wildman–Crippen LogP) is 1.61. The van der Waals surface area contributed by atoms with E-state index in [0.717, 1.165) is 39.3 Å². The Bertz CT molecular complexity index is 1090. The third-order valence-electron chi connectivity index (χ3n) is 5.05. The summed E-state index contributed by atoms with van der Waals surface area (Å²) in [5.74, 6) is -0.881. The van der Waals surface area contributed by atoms with Gasteiger partial charge < -0.3 is 19.7 Å². The Kier molecular flexibility index (Phi) is 6.01. The highest BCUT2D eigenvalue weighted by Crippen LogP contribution is 2.17. The molecule has 1 aliphatic heterocycles. The summed E-state index contributed by atoms with van der Waals surface area (Å²) in [6, 6.07) is 9.19. The van der Waals surface area contributed by atoms with E-state index in [1.165, 1.54) is 12.4 Å². The highest BCUT2D eigenvalue weighted by Gasteiger charge is 2.17. The normalized spacial score (nSPS) is 14.7. The number of aromatic carboxylic acids is 1. The molecule has 9 heteroatoms. The molecule has 0 amide bonds. The topological polar surface area (TPSA) is 110 Å². The first-order valence-electron chi connectivity index (χ1n) is 9.88. The standard InChI is InChI=1S/C21H23N5O4/c27-18-16-13-23-21(22-7-4-8-25-9-11-30-12-10-25)24-19(16)26(14-17(18)20(28)29)15-5-2-1-3-6-15/h1-3,5-6,13-14H,4,7-12H2,(H,28,29)(H,22,23,24). The van der Waals surface area contributed by atoms with Crippen molar-refractivity contribution >= 4 is 23.0 Å². The van der Waals surface area contributed by atoms with E-state index in [1.807, 2.05) is 30.3 Å². The van der Waals surface area contributed by atoms with Gasteiger partial charge in [-0.2, -0.15) is 4.98 Å². The van der Waals surface area contributed by atoms with Crippen molar-refractivity contribution in [3.63, 3.8) is 0 Å². The molecule has 0 saturated carbocycles. The largest absolute Gasteiger partial charge is 0.477 e. The molecular weight excluding hydrogens is 386 g/mol. The number of benzene rings is 1. The van der Waals surface area contributed by atoms with Crippen LogP contribution in [-0.2, 0) is 4.74 Å². The molecule has 3 aromatic rings. The Morgan fingerprint density at radius 3 is 2.70 bits per heavy atom. The van der Waals surface area contributed by atoms with Gasteiger partial charge in [0.25, 0.3) is 0 Å². The maximum Gasteiger partial charge on any atom is 0.341 e. The maximum absolute atomic E-state index is 12.6. The van der Waals surface area contributed by atoms with E-state index in [2.05, 4.69) is 20.2 Å². The van der Waals surface area contributed by atoms with Crippen LogP contribution in [0.15, 0.2) is 47.5 Å². The third kappa shape index (κ3) is 4.32. The molecule has 0 radical (unpaired) electrons. The summed E-state index contributed by atoms with van der Waals surface area (Å²) in [7, 11) is 0. The zero-order valence-corrected chi connectivity index (χ0v) is 16.5. The van der Waals surface area contributed by atoms with Crippen molar-refractivity contribution in [1.29, 1.82) is 0 Å². The van der Waals surface area contributed by atoms with Crippen molar-refractivity contribution in [2.75, 3.05) is 44.7 Å². The van der Waals surface area contributed by atoms with Crippen molar-refractivity contribution in [1.82, 2.24) is 19.4 Å². The highest BCUT2D eigenvalue weighted by molar-refractivity contribution is 5.92. The lowest BCUT2D eigenvalue weighted by atomic mass is 10.2. The van der Waals surface area contributed by atoms with Crippen LogP contribution in [0.4, 0.5) is 5.95 Å². The molecular formula is C21H23N5O4. The first-order valence-corrected chi connectivity index (χ1v) is 9.88. The molecule has 0 aliphatic carbocycles. The molecule has 1 aliphatic rings. The number of carboxylic acids is 1. The fourth-order valence-corrected chi connectivity index (χ4v) is 3.46. The van der Waals surface area contributed by atoms with Crippen LogP contribution in [0.2, 0.25) is 0 Å². The molecule has 2 aromatic heterocycles. The number of morpholine rings is 1. The Hall–Kier alpha value is -3.30. The third-order valence-corrected chi connectivity index (χ3v) is 5.05. The van der Waals surface area contributed by atoms with Crippen LogP contribution < -0.4 is 10.7 Å². The van der Waals surface area contributed by atoms with Gasteiger partial charge >= 0.3 is 5.97 Å². The van der Waals surface area contributed by atoms with Gasteiger partial charge in [-0.05, 0) is 25.1 Å². The number of hydrogen-bond acceptors (Lipinski definition) is 7. The quantitative estimate of drug-likeness (QED) is 0.567. The molecule has 156 valence electrons. The van der Waals surface area contributed by atoms with E-state index in [1.54, 1.807) is 4.57 Å². The monoisotopic (exact) mass is 409 g/mol. The fraction of sp³-hybridized carbons (Fsp3) is 0.333. The summed E-state index contributed by atoms with van der Waals surface area (Å²) in [5, 5.41) is 12.8. The number of hydrogen-bond donors (Lipinski definition) is 2. The number of carbonyl (C=O) groups is 1. The lowest BCUT2D eigenvalue weighted by Crippen LogP contribution is -2.37. The van der Waals surface area contributed by atoms with Crippen LogP contribution in [0.1, 0.15) is 16.8 Å². The van der Waals surface area contributed by atoms with Gasteiger partial charge in [0.05, 0.1) is 18.6 Å². The van der Waals surface area contributed by atoms with Crippen LogP contribution in [0.25, 0.3) is 16.7 Å². The molecule has 30 heavy (non-hydrogen) atoms. The molecule has 0 atom stereocenters. The SMILES string of the molecule is O=C(O)c1cn(-c2ccccc2)c2nc(NCCCN3CCOCC3)ncc2c1=O. The zero-order chi connectivity index (χ0) is 20.9. The summed E-state index contributed by atoms with van der Waals surface area (Å²) >= 11 is 0. The van der Waals surface area contributed by atoms with E-state index in [4.69, 9.17) is 4.74 Å². The van der Waals surface area contributed by atoms with E-state index in [0.29, 0.717) is 23.8 Å². The summed E-state index contributed by atoms with van der Waals surface area (Å²) in [5.41, 5.74) is 0.161. The molecule has 4 rings (SSSR count). The Morgan fingerprint density at radius 2 is 1.97 bits per heavy atom. The van der Waals surface area contributed by atoms with Crippen molar-refractivity contribution in [3.8, 4) is 5.69 Å². The zero-order valence-electron chi connectivity index (χ0n) is 16.5. The van der Waals surface area contributed by atoms with Crippen molar-refractivity contribution in [2.45, 2.75) is 6.42 Å². The van der Waals surface area contributed by atoms with Gasteiger partial charge in [0.2, 0.25) is 11.4 Å². The average molecular weight is 409 g/mol. The summed E-state index contributed by atoms with van der Waals surface area (Å²) in [6.45, 7) is 5.09. The number of rotatable bonds is 7. The smallest absolute Gasteiger partial charge is 0.341 e. The first kappa shape index (κ1) is 20.0. The molecule has 0 spiro atoms. The minimum absolute atomic E-state index is 0.164. The van der Waals surface area contributed by atoms with E-state index in [9.17, 15) is 14.7 Å². The van der Waals surface area contributed by atoms with Gasteiger partial charge in [-0.3, -0.25) is 9.69 Å². The van der Waals surface area contributed by atoms with E-state index < -0.39 is 11.4 Å². The highest BCUT2D eigenvalue weighted by atomic mass is 16.5. The molecule has 0 bridgehead atoms. The average Bonchev–Trinajstić information content (AvgIpc) is 2.78. The lowest BCUT2D eigenvalue weighted by Gasteiger charge is -2.26.